The largest absolute Gasteiger partial charge is 0.340 e. The van der Waals surface area contributed by atoms with Crippen LogP contribution < -0.4 is 5.48 Å². The van der Waals surface area contributed by atoms with E-state index in [1.165, 1.54) is 5.56 Å². The summed E-state index contributed by atoms with van der Waals surface area (Å²) in [5, 5.41) is 9.09. The number of fused-ring (bicyclic) bond motifs is 1. The van der Waals surface area contributed by atoms with Crippen LogP contribution in [0.15, 0.2) is 18.2 Å². The summed E-state index contributed by atoms with van der Waals surface area (Å²) in [7, 11) is 0. The Morgan fingerprint density at radius 1 is 1.52 bits per heavy atom. The number of hydrogen-bond donors (Lipinski definition) is 3. The zero-order valence-electron chi connectivity index (χ0n) is 15.1. The highest BCUT2D eigenvalue weighted by atomic mass is 16.5. The molecule has 1 aromatic carbocycles. The Balaban J connectivity index is 1.81. The van der Waals surface area contributed by atoms with Crippen LogP contribution in [-0.4, -0.2) is 39.1 Å². The Labute approximate surface area is 148 Å². The monoisotopic (exact) mass is 344 g/mol. The lowest BCUT2D eigenvalue weighted by Crippen LogP contribution is -2.39. The zero-order valence-corrected chi connectivity index (χ0v) is 15.1. The lowest BCUT2D eigenvalue weighted by atomic mass is 10.00. The van der Waals surface area contributed by atoms with E-state index in [1.807, 2.05) is 11.0 Å². The van der Waals surface area contributed by atoms with E-state index in [0.29, 0.717) is 6.54 Å². The molecule has 1 aliphatic heterocycles. The number of amides is 1. The molecule has 6 nitrogen and oxygen atoms in total. The summed E-state index contributed by atoms with van der Waals surface area (Å²) in [6, 6.07) is 6.18. The predicted molar refractivity (Wildman–Crippen MR) is 97.3 cm³/mol. The molecule has 0 spiro atoms. The molecule has 0 aliphatic carbocycles. The summed E-state index contributed by atoms with van der Waals surface area (Å²) in [5.74, 6) is 0.809. The molecule has 1 saturated heterocycles. The van der Waals surface area contributed by atoms with Crippen molar-refractivity contribution >= 4 is 16.9 Å². The molecule has 1 fully saturated rings. The fraction of sp³-hybridized carbons (Fsp3) is 0.579. The molecule has 0 bridgehead atoms. The second-order valence-electron chi connectivity index (χ2n) is 7.03. The van der Waals surface area contributed by atoms with Crippen LogP contribution in [0.2, 0.25) is 0 Å². The molecule has 2 heterocycles. The van der Waals surface area contributed by atoms with E-state index in [2.05, 4.69) is 36.4 Å². The van der Waals surface area contributed by atoms with Crippen LogP contribution in [0.1, 0.15) is 56.5 Å². The number of unbranched alkanes of at least 4 members (excludes halogenated alkanes) is 1. The molecule has 2 aromatic rings. The lowest BCUT2D eigenvalue weighted by molar-refractivity contribution is -0.137. The number of nitrogens with one attached hydrogen (secondary N) is 2. The van der Waals surface area contributed by atoms with E-state index < -0.39 is 0 Å². The van der Waals surface area contributed by atoms with Crippen LogP contribution in [-0.2, 0) is 4.79 Å². The summed E-state index contributed by atoms with van der Waals surface area (Å²) in [6.45, 7) is 5.23. The topological polar surface area (TPSA) is 81.2 Å². The summed E-state index contributed by atoms with van der Waals surface area (Å²) in [5.41, 5.74) is 5.34. The summed E-state index contributed by atoms with van der Waals surface area (Å²) >= 11 is 0. The van der Waals surface area contributed by atoms with Crippen LogP contribution in [0.4, 0.5) is 0 Å². The van der Waals surface area contributed by atoms with Gasteiger partial charge in [-0.1, -0.05) is 25.8 Å². The van der Waals surface area contributed by atoms with Gasteiger partial charge in [-0.15, -0.1) is 0 Å². The van der Waals surface area contributed by atoms with E-state index in [9.17, 15) is 4.79 Å². The van der Waals surface area contributed by atoms with Crippen molar-refractivity contribution in [3.8, 4) is 0 Å². The highest BCUT2D eigenvalue weighted by Crippen LogP contribution is 2.33. The minimum absolute atomic E-state index is 0.00280. The molecule has 25 heavy (non-hydrogen) atoms. The number of imidazole rings is 1. The molecular formula is C19H28N4O2. The number of likely N-dealkylation sites (tertiary alicyclic amines) is 1. The number of hydrogen-bond acceptors (Lipinski definition) is 4. The number of aryl methyl sites for hydroxylation is 1. The van der Waals surface area contributed by atoms with Crippen molar-refractivity contribution in [2.75, 3.05) is 13.1 Å². The molecular weight excluding hydrogens is 316 g/mol. The lowest BCUT2D eigenvalue weighted by Gasteiger charge is -2.27. The van der Waals surface area contributed by atoms with Crippen molar-refractivity contribution in [1.82, 2.24) is 20.3 Å². The van der Waals surface area contributed by atoms with Gasteiger partial charge in [-0.3, -0.25) is 4.79 Å². The van der Waals surface area contributed by atoms with E-state index >= 15 is 0 Å². The second kappa shape index (κ2) is 7.97. The Morgan fingerprint density at radius 2 is 2.36 bits per heavy atom. The Morgan fingerprint density at radius 3 is 3.12 bits per heavy atom. The van der Waals surface area contributed by atoms with Gasteiger partial charge in [0.2, 0.25) is 5.91 Å². The number of H-pyrrole nitrogens is 1. The Kier molecular flexibility index (Phi) is 5.71. The number of nitrogens with zero attached hydrogens (tertiary/aromatic N) is 2. The number of hydroxylamine groups is 1. The number of rotatable bonds is 7. The van der Waals surface area contributed by atoms with Gasteiger partial charge in [0.1, 0.15) is 5.82 Å². The standard InChI is InChI=1S/C19H28N4O2/c1-3-4-6-14(12-20-25)19(24)23-10-5-7-17(23)18-21-15-9-8-13(2)11-16(15)22-18/h8-9,11,14,17,20,25H,3-7,10,12H2,1-2H3,(H,21,22)/t14-,17+/m1/s1. The maximum Gasteiger partial charge on any atom is 0.227 e. The third-order valence-corrected chi connectivity index (χ3v) is 5.10. The SMILES string of the molecule is CCCC[C@H](CNO)C(=O)N1CCC[C@H]1c1nc2cc(C)ccc2[nH]1. The first-order valence-electron chi connectivity index (χ1n) is 9.27. The number of carbonyl (C=O) groups excluding carboxylic acids is 1. The molecule has 1 aliphatic rings. The molecule has 0 radical (unpaired) electrons. The minimum Gasteiger partial charge on any atom is -0.340 e. The van der Waals surface area contributed by atoms with Crippen LogP contribution in [0.25, 0.3) is 11.0 Å². The first-order valence-corrected chi connectivity index (χ1v) is 9.27. The number of aromatic amines is 1. The molecule has 1 amide bonds. The molecule has 3 rings (SSSR count). The van der Waals surface area contributed by atoms with Crippen LogP contribution in [0.3, 0.4) is 0 Å². The van der Waals surface area contributed by atoms with Gasteiger partial charge in [0, 0.05) is 13.1 Å². The average Bonchev–Trinajstić information content (AvgIpc) is 3.23. The summed E-state index contributed by atoms with van der Waals surface area (Å²) < 4.78 is 0. The number of carbonyl (C=O) groups is 1. The second-order valence-corrected chi connectivity index (χ2v) is 7.03. The van der Waals surface area contributed by atoms with E-state index in [-0.39, 0.29) is 17.9 Å². The normalized spacial score (nSPS) is 18.8. The minimum atomic E-state index is -0.183. The van der Waals surface area contributed by atoms with Crippen LogP contribution in [0, 0.1) is 12.8 Å². The number of aromatic nitrogens is 2. The van der Waals surface area contributed by atoms with Crippen molar-refractivity contribution < 1.29 is 10.0 Å². The van der Waals surface area contributed by atoms with Crippen molar-refractivity contribution in [2.24, 2.45) is 5.92 Å². The Hall–Kier alpha value is -1.92. The molecule has 1 aromatic heterocycles. The van der Waals surface area contributed by atoms with Gasteiger partial charge in [-0.25, -0.2) is 10.5 Å². The van der Waals surface area contributed by atoms with Gasteiger partial charge in [0.05, 0.1) is 23.0 Å². The fourth-order valence-corrected chi connectivity index (χ4v) is 3.72. The first kappa shape index (κ1) is 17.9. The molecule has 0 unspecified atom stereocenters. The van der Waals surface area contributed by atoms with Crippen molar-refractivity contribution in [2.45, 2.75) is 52.0 Å². The quantitative estimate of drug-likeness (QED) is 0.673. The zero-order chi connectivity index (χ0) is 17.8. The molecule has 0 saturated carbocycles. The van der Waals surface area contributed by atoms with Crippen molar-refractivity contribution in [3.05, 3.63) is 29.6 Å². The van der Waals surface area contributed by atoms with Gasteiger partial charge in [-0.05, 0) is 43.9 Å². The summed E-state index contributed by atoms with van der Waals surface area (Å²) in [4.78, 5) is 23.1. The fourth-order valence-electron chi connectivity index (χ4n) is 3.72. The van der Waals surface area contributed by atoms with Crippen molar-refractivity contribution in [1.29, 1.82) is 0 Å². The van der Waals surface area contributed by atoms with E-state index in [0.717, 1.165) is 55.5 Å². The molecule has 6 heteroatoms. The highest BCUT2D eigenvalue weighted by molar-refractivity contribution is 5.80. The van der Waals surface area contributed by atoms with Crippen LogP contribution >= 0.6 is 0 Å². The van der Waals surface area contributed by atoms with Gasteiger partial charge < -0.3 is 15.1 Å². The molecule has 2 atom stereocenters. The van der Waals surface area contributed by atoms with Crippen molar-refractivity contribution in [3.63, 3.8) is 0 Å². The Bertz CT molecular complexity index is 727. The van der Waals surface area contributed by atoms with E-state index in [1.54, 1.807) is 0 Å². The van der Waals surface area contributed by atoms with E-state index in [4.69, 9.17) is 10.2 Å². The molecule has 136 valence electrons. The van der Waals surface area contributed by atoms with Crippen LogP contribution in [0.5, 0.6) is 0 Å². The van der Waals surface area contributed by atoms with Gasteiger partial charge >= 0.3 is 0 Å². The highest BCUT2D eigenvalue weighted by Gasteiger charge is 2.35. The van der Waals surface area contributed by atoms with Gasteiger partial charge in [-0.2, -0.15) is 0 Å². The third-order valence-electron chi connectivity index (χ3n) is 5.10. The smallest absolute Gasteiger partial charge is 0.227 e. The maximum atomic E-state index is 13.0. The third kappa shape index (κ3) is 3.85. The number of benzene rings is 1. The summed E-state index contributed by atoms with van der Waals surface area (Å²) in [6.07, 6.45) is 4.74. The predicted octanol–water partition coefficient (Wildman–Crippen LogP) is 3.32. The first-order chi connectivity index (χ1) is 12.1. The molecule has 3 N–H and O–H groups in total. The average molecular weight is 344 g/mol. The van der Waals surface area contributed by atoms with Gasteiger partial charge in [0.15, 0.2) is 0 Å². The van der Waals surface area contributed by atoms with Gasteiger partial charge in [0.25, 0.3) is 0 Å². The maximum absolute atomic E-state index is 13.0.